The molecule has 90 valence electrons. The number of alkyl halides is 2. The molecule has 0 amide bonds. The molecule has 15 heavy (non-hydrogen) atoms. The third-order valence-corrected chi connectivity index (χ3v) is 2.86. The molecule has 1 aliphatic rings. The normalized spacial score (nSPS) is 26.4. The van der Waals surface area contributed by atoms with Crippen molar-refractivity contribution in [3.8, 4) is 0 Å². The summed E-state index contributed by atoms with van der Waals surface area (Å²) in [5.74, 6) is 0.542. The van der Waals surface area contributed by atoms with Crippen molar-refractivity contribution >= 4 is 0 Å². The second-order valence-corrected chi connectivity index (χ2v) is 3.95. The summed E-state index contributed by atoms with van der Waals surface area (Å²) in [5.41, 5.74) is 5.62. The molecule has 0 radical (unpaired) electrons. The highest BCUT2D eigenvalue weighted by Crippen LogP contribution is 2.24. The Morgan fingerprint density at radius 1 is 1.40 bits per heavy atom. The summed E-state index contributed by atoms with van der Waals surface area (Å²) >= 11 is 0. The third-order valence-electron chi connectivity index (χ3n) is 2.86. The monoisotopic (exact) mass is 222 g/mol. The summed E-state index contributed by atoms with van der Waals surface area (Å²) in [5, 5.41) is 3.31. The summed E-state index contributed by atoms with van der Waals surface area (Å²) in [4.78, 5) is 0. The number of hydrogen-bond acceptors (Lipinski definition) is 3. The molecule has 0 heterocycles. The average Bonchev–Trinajstić information content (AvgIpc) is 2.64. The van der Waals surface area contributed by atoms with E-state index >= 15 is 0 Å². The van der Waals surface area contributed by atoms with Gasteiger partial charge in [-0.25, -0.2) is 8.78 Å². The van der Waals surface area contributed by atoms with Gasteiger partial charge in [-0.1, -0.05) is 6.42 Å². The van der Waals surface area contributed by atoms with Crippen LogP contribution in [0.25, 0.3) is 0 Å². The largest absolute Gasteiger partial charge is 0.374 e. The maximum Gasteiger partial charge on any atom is 0.261 e. The van der Waals surface area contributed by atoms with E-state index in [1.54, 1.807) is 0 Å². The first-order chi connectivity index (χ1) is 7.24. The molecule has 2 unspecified atom stereocenters. The predicted molar refractivity (Wildman–Crippen MR) is 55.0 cm³/mol. The van der Waals surface area contributed by atoms with Crippen molar-refractivity contribution in [1.82, 2.24) is 5.32 Å². The van der Waals surface area contributed by atoms with E-state index < -0.39 is 13.0 Å². The van der Waals surface area contributed by atoms with Gasteiger partial charge in [-0.15, -0.1) is 0 Å². The van der Waals surface area contributed by atoms with E-state index in [0.717, 1.165) is 6.42 Å². The van der Waals surface area contributed by atoms with Gasteiger partial charge < -0.3 is 15.8 Å². The Kier molecular flexibility index (Phi) is 6.05. The van der Waals surface area contributed by atoms with Gasteiger partial charge in [0.2, 0.25) is 0 Å². The molecular formula is C10H20F2N2O. The van der Waals surface area contributed by atoms with Gasteiger partial charge in [-0.3, -0.25) is 0 Å². The fourth-order valence-corrected chi connectivity index (χ4v) is 2.08. The maximum atomic E-state index is 11.7. The quantitative estimate of drug-likeness (QED) is 0.631. The molecule has 0 aromatic carbocycles. The van der Waals surface area contributed by atoms with Crippen molar-refractivity contribution in [2.75, 3.05) is 26.3 Å². The van der Waals surface area contributed by atoms with Gasteiger partial charge in [-0.2, -0.15) is 0 Å². The molecule has 1 fully saturated rings. The molecule has 1 rings (SSSR count). The minimum absolute atomic E-state index is 0.345. The Morgan fingerprint density at radius 3 is 2.87 bits per heavy atom. The van der Waals surface area contributed by atoms with Crippen molar-refractivity contribution in [3.63, 3.8) is 0 Å². The number of nitrogens with two attached hydrogens (primary N) is 1. The van der Waals surface area contributed by atoms with Gasteiger partial charge >= 0.3 is 0 Å². The van der Waals surface area contributed by atoms with Gasteiger partial charge in [0.1, 0.15) is 6.61 Å². The van der Waals surface area contributed by atoms with Crippen LogP contribution in [-0.2, 0) is 4.74 Å². The van der Waals surface area contributed by atoms with Crippen molar-refractivity contribution in [2.45, 2.75) is 31.7 Å². The summed E-state index contributed by atoms with van der Waals surface area (Å²) in [6.45, 7) is 1.22. The summed E-state index contributed by atoms with van der Waals surface area (Å²) < 4.78 is 28.2. The Hall–Kier alpha value is -0.260. The fourth-order valence-electron chi connectivity index (χ4n) is 2.08. The van der Waals surface area contributed by atoms with Crippen LogP contribution in [0.1, 0.15) is 19.3 Å². The van der Waals surface area contributed by atoms with E-state index in [9.17, 15) is 8.78 Å². The van der Waals surface area contributed by atoms with Crippen molar-refractivity contribution in [2.24, 2.45) is 11.7 Å². The van der Waals surface area contributed by atoms with Crippen LogP contribution in [0.5, 0.6) is 0 Å². The zero-order valence-corrected chi connectivity index (χ0v) is 8.92. The van der Waals surface area contributed by atoms with Gasteiger partial charge in [0.05, 0.1) is 6.61 Å². The number of halogens is 2. The van der Waals surface area contributed by atoms with E-state index in [1.165, 1.54) is 12.8 Å². The van der Waals surface area contributed by atoms with Crippen molar-refractivity contribution < 1.29 is 13.5 Å². The number of nitrogens with one attached hydrogen (secondary N) is 1. The topological polar surface area (TPSA) is 47.3 Å². The highest BCUT2D eigenvalue weighted by Gasteiger charge is 2.24. The minimum Gasteiger partial charge on any atom is -0.374 e. The predicted octanol–water partition coefficient (Wildman–Crippen LogP) is 0.985. The fraction of sp³-hybridized carbons (Fsp3) is 1.00. The molecule has 3 nitrogen and oxygen atoms in total. The first-order valence-electron chi connectivity index (χ1n) is 5.53. The van der Waals surface area contributed by atoms with Crippen LogP contribution in [0.4, 0.5) is 8.78 Å². The summed E-state index contributed by atoms with van der Waals surface area (Å²) in [6.07, 6.45) is 1.15. The van der Waals surface area contributed by atoms with Gasteiger partial charge in [0.15, 0.2) is 0 Å². The van der Waals surface area contributed by atoms with Crippen LogP contribution in [0.3, 0.4) is 0 Å². The smallest absolute Gasteiger partial charge is 0.261 e. The lowest BCUT2D eigenvalue weighted by Crippen LogP contribution is -2.37. The summed E-state index contributed by atoms with van der Waals surface area (Å²) in [6, 6.07) is 0.449. The highest BCUT2D eigenvalue weighted by molar-refractivity contribution is 4.83. The number of ether oxygens (including phenoxy) is 1. The van der Waals surface area contributed by atoms with E-state index in [0.29, 0.717) is 31.7 Å². The lowest BCUT2D eigenvalue weighted by molar-refractivity contribution is 0.0180. The van der Waals surface area contributed by atoms with Gasteiger partial charge in [-0.05, 0) is 25.3 Å². The molecule has 0 aromatic heterocycles. The van der Waals surface area contributed by atoms with Crippen molar-refractivity contribution in [1.29, 1.82) is 0 Å². The van der Waals surface area contributed by atoms with Gasteiger partial charge in [0, 0.05) is 12.6 Å². The van der Waals surface area contributed by atoms with Crippen LogP contribution < -0.4 is 11.1 Å². The molecule has 3 N–H and O–H groups in total. The van der Waals surface area contributed by atoms with Crippen LogP contribution in [0, 0.1) is 5.92 Å². The molecule has 1 saturated carbocycles. The Labute approximate surface area is 89.4 Å². The van der Waals surface area contributed by atoms with E-state index in [-0.39, 0.29) is 0 Å². The molecule has 5 heteroatoms. The zero-order chi connectivity index (χ0) is 11.1. The van der Waals surface area contributed by atoms with Crippen LogP contribution >= 0.6 is 0 Å². The first-order valence-corrected chi connectivity index (χ1v) is 5.53. The van der Waals surface area contributed by atoms with Crippen LogP contribution in [0.15, 0.2) is 0 Å². The molecular weight excluding hydrogens is 202 g/mol. The number of hydrogen-bond donors (Lipinski definition) is 2. The molecule has 2 atom stereocenters. The second-order valence-electron chi connectivity index (χ2n) is 3.95. The van der Waals surface area contributed by atoms with Crippen molar-refractivity contribution in [3.05, 3.63) is 0 Å². The average molecular weight is 222 g/mol. The third kappa shape index (κ3) is 4.86. The summed E-state index contributed by atoms with van der Waals surface area (Å²) in [7, 11) is 0. The standard InChI is InChI=1S/C10H20F2N2O/c11-10(12)7-15-5-4-14-9-3-1-2-8(9)6-13/h8-10,14H,1-7,13H2. The van der Waals surface area contributed by atoms with Crippen LogP contribution in [0.2, 0.25) is 0 Å². The van der Waals surface area contributed by atoms with Gasteiger partial charge in [0.25, 0.3) is 6.43 Å². The number of rotatable bonds is 7. The SMILES string of the molecule is NCC1CCCC1NCCOCC(F)F. The lowest BCUT2D eigenvalue weighted by atomic mass is 10.0. The Morgan fingerprint density at radius 2 is 2.20 bits per heavy atom. The first kappa shape index (κ1) is 12.8. The second kappa shape index (κ2) is 7.09. The van der Waals surface area contributed by atoms with E-state index in [1.807, 2.05) is 0 Å². The molecule has 1 aliphatic carbocycles. The molecule has 0 spiro atoms. The van der Waals surface area contributed by atoms with Crippen LogP contribution in [-0.4, -0.2) is 38.8 Å². The van der Waals surface area contributed by atoms with E-state index in [4.69, 9.17) is 10.5 Å². The highest BCUT2D eigenvalue weighted by atomic mass is 19.3. The Balaban J connectivity index is 1.99. The molecule has 0 saturated heterocycles. The minimum atomic E-state index is -2.37. The molecule has 0 aromatic rings. The lowest BCUT2D eigenvalue weighted by Gasteiger charge is -2.19. The Bertz CT molecular complexity index is 170. The molecule has 0 bridgehead atoms. The zero-order valence-electron chi connectivity index (χ0n) is 8.92. The maximum absolute atomic E-state index is 11.7. The van der Waals surface area contributed by atoms with E-state index in [2.05, 4.69) is 5.32 Å². The molecule has 0 aliphatic heterocycles.